The van der Waals surface area contributed by atoms with Gasteiger partial charge in [0.1, 0.15) is 0 Å². The maximum Gasteiger partial charge on any atom is 0.339 e. The quantitative estimate of drug-likeness (QED) is 0.268. The Hall–Kier alpha value is -4.92. The molecule has 9 heteroatoms. The molecule has 4 aromatic rings. The number of nitrogens with zero attached hydrogens (tertiary/aromatic N) is 1. The van der Waals surface area contributed by atoms with Crippen LogP contribution in [0.1, 0.15) is 47.0 Å². The normalized spacial score (nSPS) is 10.7. The summed E-state index contributed by atoms with van der Waals surface area (Å²) < 4.78 is 21.8. The third kappa shape index (κ3) is 4.17. The first kappa shape index (κ1) is 26.2. The second kappa shape index (κ2) is 10.6. The van der Waals surface area contributed by atoms with Gasteiger partial charge in [-0.2, -0.15) is 0 Å². The van der Waals surface area contributed by atoms with E-state index in [-0.39, 0.29) is 27.8 Å². The number of carbonyl (C=O) groups is 4. The molecule has 0 saturated carbocycles. The number of fused-ring (bicyclic) bond motifs is 1. The number of hydrogen-bond donors (Lipinski definition) is 0. The van der Waals surface area contributed by atoms with Crippen LogP contribution < -0.4 is 0 Å². The van der Waals surface area contributed by atoms with Crippen LogP contribution >= 0.6 is 0 Å². The highest BCUT2D eigenvalue weighted by molar-refractivity contribution is 6.18. The Kier molecular flexibility index (Phi) is 7.29. The Bertz CT molecular complexity index is 1530. The highest BCUT2D eigenvalue weighted by Gasteiger charge is 2.36. The molecule has 0 aliphatic heterocycles. The Morgan fingerprint density at radius 3 is 1.63 bits per heavy atom. The van der Waals surface area contributed by atoms with Crippen LogP contribution in [0.5, 0.6) is 0 Å². The van der Waals surface area contributed by atoms with E-state index < -0.39 is 23.9 Å². The highest BCUT2D eigenvalue weighted by atomic mass is 16.5. The number of esters is 4. The Morgan fingerprint density at radius 1 is 0.632 bits per heavy atom. The molecule has 0 radical (unpaired) electrons. The fraction of sp³-hybridized carbons (Fsp3) is 0.172. The molecule has 9 nitrogen and oxygen atoms in total. The van der Waals surface area contributed by atoms with E-state index in [2.05, 4.69) is 0 Å². The van der Waals surface area contributed by atoms with Crippen molar-refractivity contribution in [3.63, 3.8) is 0 Å². The van der Waals surface area contributed by atoms with Crippen molar-refractivity contribution in [2.75, 3.05) is 28.4 Å². The van der Waals surface area contributed by atoms with E-state index in [1.807, 2.05) is 49.4 Å². The summed E-state index contributed by atoms with van der Waals surface area (Å²) in [6, 6.07) is 15.9. The van der Waals surface area contributed by atoms with Crippen molar-refractivity contribution in [1.29, 1.82) is 0 Å². The molecule has 0 N–H and O–H groups in total. The van der Waals surface area contributed by atoms with Gasteiger partial charge in [0.05, 0.1) is 56.4 Å². The summed E-state index contributed by atoms with van der Waals surface area (Å²) in [4.78, 5) is 52.6. The summed E-state index contributed by atoms with van der Waals surface area (Å²) in [6.07, 6.45) is 1.76. The first-order valence-electron chi connectivity index (χ1n) is 11.5. The van der Waals surface area contributed by atoms with Crippen LogP contribution in [0, 0.1) is 6.92 Å². The predicted molar refractivity (Wildman–Crippen MR) is 138 cm³/mol. The molecule has 4 rings (SSSR count). The number of aromatic nitrogens is 1. The molecule has 0 amide bonds. The third-order valence-electron chi connectivity index (χ3n) is 6.31. The van der Waals surface area contributed by atoms with Gasteiger partial charge in [0, 0.05) is 22.8 Å². The van der Waals surface area contributed by atoms with Gasteiger partial charge < -0.3 is 23.3 Å². The van der Waals surface area contributed by atoms with Gasteiger partial charge in [0.15, 0.2) is 0 Å². The number of rotatable bonds is 6. The fourth-order valence-corrected chi connectivity index (χ4v) is 4.66. The summed E-state index contributed by atoms with van der Waals surface area (Å²) in [5, 5.41) is 0. The van der Waals surface area contributed by atoms with Gasteiger partial charge in [-0.3, -0.25) is 0 Å². The van der Waals surface area contributed by atoms with Crippen molar-refractivity contribution in [2.45, 2.75) is 6.92 Å². The van der Waals surface area contributed by atoms with Crippen LogP contribution in [0.4, 0.5) is 0 Å². The monoisotopic (exact) mass is 515 g/mol. The molecule has 0 unspecified atom stereocenters. The molecule has 2 heterocycles. The van der Waals surface area contributed by atoms with Gasteiger partial charge in [-0.05, 0) is 36.2 Å². The van der Waals surface area contributed by atoms with Crippen molar-refractivity contribution >= 4 is 29.4 Å². The van der Waals surface area contributed by atoms with Crippen molar-refractivity contribution in [3.05, 3.63) is 88.6 Å². The molecular weight excluding hydrogens is 490 g/mol. The molecule has 0 saturated heterocycles. The van der Waals surface area contributed by atoms with E-state index in [0.717, 1.165) is 51.1 Å². The Labute approximate surface area is 218 Å². The standard InChI is InChI=1S/C29H25NO8/c1-16-20-13-9-10-14-30(20)25(21(16)17-11-7-6-8-12-17)24-22(28(33)37-4)18(26(31)35-2)15-19(27(32)36-3)23(24)29(34)38-5/h6-15H,1-5H3. The summed E-state index contributed by atoms with van der Waals surface area (Å²) in [6.45, 7) is 1.90. The number of pyridine rings is 1. The van der Waals surface area contributed by atoms with E-state index in [1.54, 1.807) is 16.7 Å². The highest BCUT2D eigenvalue weighted by Crippen LogP contribution is 2.44. The average molecular weight is 516 g/mol. The van der Waals surface area contributed by atoms with Gasteiger partial charge in [-0.15, -0.1) is 0 Å². The van der Waals surface area contributed by atoms with Gasteiger partial charge in [-0.25, -0.2) is 19.2 Å². The SMILES string of the molecule is COC(=O)c1cc(C(=O)OC)c(C(=O)OC)c(-c2c(-c3ccccc3)c(C)c3ccccn23)c1C(=O)OC. The van der Waals surface area contributed by atoms with Gasteiger partial charge in [0.25, 0.3) is 0 Å². The predicted octanol–water partition coefficient (Wildman–Crippen LogP) is 4.73. The second-order valence-electron chi connectivity index (χ2n) is 8.23. The molecule has 0 aliphatic carbocycles. The van der Waals surface area contributed by atoms with Crippen LogP contribution in [0.15, 0.2) is 60.8 Å². The average Bonchev–Trinajstić information content (AvgIpc) is 3.26. The lowest BCUT2D eigenvalue weighted by Gasteiger charge is -2.20. The maximum absolute atomic E-state index is 13.3. The molecular formula is C29H25NO8. The lowest BCUT2D eigenvalue weighted by molar-refractivity contribution is 0.0541. The number of hydrogen-bond acceptors (Lipinski definition) is 8. The summed E-state index contributed by atoms with van der Waals surface area (Å²) in [7, 11) is 4.58. The van der Waals surface area contributed by atoms with E-state index in [1.165, 1.54) is 0 Å². The molecule has 0 atom stereocenters. The number of carbonyl (C=O) groups excluding carboxylic acids is 4. The van der Waals surface area contributed by atoms with E-state index in [4.69, 9.17) is 18.9 Å². The van der Waals surface area contributed by atoms with Crippen LogP contribution in [0.2, 0.25) is 0 Å². The summed E-state index contributed by atoms with van der Waals surface area (Å²) >= 11 is 0. The smallest absolute Gasteiger partial charge is 0.339 e. The molecule has 194 valence electrons. The van der Waals surface area contributed by atoms with Crippen LogP contribution in [0.25, 0.3) is 27.9 Å². The molecule has 0 fully saturated rings. The minimum atomic E-state index is -0.912. The summed E-state index contributed by atoms with van der Waals surface area (Å²) in [5.41, 5.74) is 2.35. The Balaban J connectivity index is 2.37. The van der Waals surface area contributed by atoms with Crippen molar-refractivity contribution in [2.24, 2.45) is 0 Å². The number of aryl methyl sites for hydroxylation is 1. The zero-order valence-electron chi connectivity index (χ0n) is 21.5. The van der Waals surface area contributed by atoms with Crippen LogP contribution in [0.3, 0.4) is 0 Å². The van der Waals surface area contributed by atoms with Crippen molar-refractivity contribution in [3.8, 4) is 22.4 Å². The molecule has 0 bridgehead atoms. The first-order chi connectivity index (χ1) is 18.3. The molecule has 2 aromatic carbocycles. The maximum atomic E-state index is 13.3. The number of methoxy groups -OCH3 is 4. The van der Waals surface area contributed by atoms with E-state index in [0.29, 0.717) is 11.3 Å². The lowest BCUT2D eigenvalue weighted by Crippen LogP contribution is -2.22. The third-order valence-corrected chi connectivity index (χ3v) is 6.31. The van der Waals surface area contributed by atoms with Crippen molar-refractivity contribution in [1.82, 2.24) is 4.40 Å². The first-order valence-corrected chi connectivity index (χ1v) is 11.5. The van der Waals surface area contributed by atoms with Crippen LogP contribution in [-0.2, 0) is 18.9 Å². The van der Waals surface area contributed by atoms with Gasteiger partial charge >= 0.3 is 23.9 Å². The topological polar surface area (TPSA) is 110 Å². The van der Waals surface area contributed by atoms with Gasteiger partial charge in [0.2, 0.25) is 0 Å². The molecule has 0 aliphatic rings. The second-order valence-corrected chi connectivity index (χ2v) is 8.23. The largest absolute Gasteiger partial charge is 0.465 e. The molecule has 0 spiro atoms. The van der Waals surface area contributed by atoms with Gasteiger partial charge in [-0.1, -0.05) is 36.4 Å². The zero-order chi connectivity index (χ0) is 27.6. The van der Waals surface area contributed by atoms with Crippen molar-refractivity contribution < 1.29 is 38.1 Å². The van der Waals surface area contributed by atoms with E-state index in [9.17, 15) is 19.2 Å². The van der Waals surface area contributed by atoms with E-state index >= 15 is 0 Å². The summed E-state index contributed by atoms with van der Waals surface area (Å²) in [5.74, 6) is -3.65. The number of ether oxygens (including phenoxy) is 4. The minimum absolute atomic E-state index is 0.0276. The minimum Gasteiger partial charge on any atom is -0.465 e. The fourth-order valence-electron chi connectivity index (χ4n) is 4.66. The molecule has 2 aromatic heterocycles. The lowest BCUT2D eigenvalue weighted by atomic mass is 9.86. The number of benzene rings is 2. The molecule has 38 heavy (non-hydrogen) atoms. The zero-order valence-corrected chi connectivity index (χ0v) is 21.5. The van der Waals surface area contributed by atoms with Crippen LogP contribution in [-0.4, -0.2) is 56.7 Å². The Morgan fingerprint density at radius 2 is 1.13 bits per heavy atom.